The Morgan fingerprint density at radius 3 is 2.47 bits per heavy atom. The molecular weight excluding hydrogens is 395 g/mol. The molecule has 0 aromatic heterocycles. The molecule has 1 heterocycles. The number of piperidine rings is 1. The van der Waals surface area contributed by atoms with Gasteiger partial charge >= 0.3 is 6.03 Å². The van der Waals surface area contributed by atoms with E-state index in [-0.39, 0.29) is 23.8 Å². The van der Waals surface area contributed by atoms with Crippen molar-refractivity contribution in [3.63, 3.8) is 0 Å². The molecule has 1 fully saturated rings. The molecule has 1 aliphatic rings. The summed E-state index contributed by atoms with van der Waals surface area (Å²) in [4.78, 5) is 25.8. The third-order valence-electron chi connectivity index (χ3n) is 5.20. The molecule has 5 nitrogen and oxygen atoms in total. The SMILES string of the molecule is O=C(Cc1cccc(F)c1)NCCC1CCN(C(=O)Nc2cc(F)ccc2F)CC1. The summed E-state index contributed by atoms with van der Waals surface area (Å²) >= 11 is 0. The van der Waals surface area contributed by atoms with E-state index in [1.54, 1.807) is 17.0 Å². The van der Waals surface area contributed by atoms with Gasteiger partial charge in [0.05, 0.1) is 12.1 Å². The zero-order valence-electron chi connectivity index (χ0n) is 16.5. The highest BCUT2D eigenvalue weighted by molar-refractivity contribution is 5.89. The summed E-state index contributed by atoms with van der Waals surface area (Å²) in [6, 6.07) is 8.42. The molecular formula is C22H24F3N3O2. The van der Waals surface area contributed by atoms with E-state index in [1.807, 2.05) is 0 Å². The van der Waals surface area contributed by atoms with Crippen LogP contribution < -0.4 is 10.6 Å². The van der Waals surface area contributed by atoms with Gasteiger partial charge in [-0.1, -0.05) is 12.1 Å². The number of carbonyl (C=O) groups excluding carboxylic acids is 2. The number of benzene rings is 2. The van der Waals surface area contributed by atoms with Gasteiger partial charge in [0.2, 0.25) is 5.91 Å². The van der Waals surface area contributed by atoms with Crippen molar-refractivity contribution in [1.29, 1.82) is 0 Å². The molecule has 0 saturated carbocycles. The number of likely N-dealkylation sites (tertiary alicyclic amines) is 1. The Balaban J connectivity index is 1.36. The smallest absolute Gasteiger partial charge is 0.321 e. The van der Waals surface area contributed by atoms with Crippen molar-refractivity contribution >= 4 is 17.6 Å². The fraction of sp³-hybridized carbons (Fsp3) is 0.364. The van der Waals surface area contributed by atoms with E-state index in [0.29, 0.717) is 31.1 Å². The number of nitrogens with zero attached hydrogens (tertiary/aromatic N) is 1. The molecule has 8 heteroatoms. The Hall–Kier alpha value is -3.03. The van der Waals surface area contributed by atoms with Crippen LogP contribution in [-0.4, -0.2) is 36.5 Å². The molecule has 0 spiro atoms. The third-order valence-corrected chi connectivity index (χ3v) is 5.20. The maximum atomic E-state index is 13.7. The van der Waals surface area contributed by atoms with Crippen LogP contribution in [0, 0.1) is 23.4 Å². The van der Waals surface area contributed by atoms with Gasteiger partial charge in [0, 0.05) is 25.7 Å². The Morgan fingerprint density at radius 2 is 1.73 bits per heavy atom. The summed E-state index contributed by atoms with van der Waals surface area (Å²) in [5.74, 6) is -1.47. The van der Waals surface area contributed by atoms with Crippen molar-refractivity contribution in [1.82, 2.24) is 10.2 Å². The predicted molar refractivity (Wildman–Crippen MR) is 107 cm³/mol. The average molecular weight is 419 g/mol. The molecule has 0 radical (unpaired) electrons. The number of nitrogens with one attached hydrogen (secondary N) is 2. The summed E-state index contributed by atoms with van der Waals surface area (Å²) in [7, 11) is 0. The normalized spacial score (nSPS) is 14.4. The van der Waals surface area contributed by atoms with E-state index in [0.717, 1.165) is 37.5 Å². The van der Waals surface area contributed by atoms with Gasteiger partial charge in [0.25, 0.3) is 0 Å². The molecule has 0 bridgehead atoms. The van der Waals surface area contributed by atoms with Gasteiger partial charge in [-0.2, -0.15) is 0 Å². The molecule has 0 atom stereocenters. The predicted octanol–water partition coefficient (Wildman–Crippen LogP) is 4.10. The van der Waals surface area contributed by atoms with Crippen LogP contribution in [0.2, 0.25) is 0 Å². The molecule has 2 aromatic rings. The fourth-order valence-electron chi connectivity index (χ4n) is 3.52. The van der Waals surface area contributed by atoms with Crippen LogP contribution in [0.5, 0.6) is 0 Å². The number of amides is 3. The number of hydrogen-bond acceptors (Lipinski definition) is 2. The molecule has 1 saturated heterocycles. The lowest BCUT2D eigenvalue weighted by molar-refractivity contribution is -0.120. The van der Waals surface area contributed by atoms with Crippen molar-refractivity contribution in [3.8, 4) is 0 Å². The molecule has 0 aliphatic carbocycles. The number of hydrogen-bond donors (Lipinski definition) is 2. The van der Waals surface area contributed by atoms with Gasteiger partial charge in [-0.3, -0.25) is 4.79 Å². The summed E-state index contributed by atoms with van der Waals surface area (Å²) in [5.41, 5.74) is 0.449. The van der Waals surface area contributed by atoms with Crippen molar-refractivity contribution in [3.05, 3.63) is 65.5 Å². The second-order valence-corrected chi connectivity index (χ2v) is 7.43. The molecule has 3 amide bonds. The van der Waals surface area contributed by atoms with Crippen LogP contribution in [0.4, 0.5) is 23.7 Å². The minimum atomic E-state index is -0.686. The van der Waals surface area contributed by atoms with Gasteiger partial charge in [0.15, 0.2) is 0 Å². The van der Waals surface area contributed by atoms with Gasteiger partial charge < -0.3 is 15.5 Å². The van der Waals surface area contributed by atoms with Crippen LogP contribution in [0.15, 0.2) is 42.5 Å². The zero-order valence-corrected chi connectivity index (χ0v) is 16.5. The average Bonchev–Trinajstić information content (AvgIpc) is 2.71. The van der Waals surface area contributed by atoms with Crippen molar-refractivity contribution in [2.24, 2.45) is 5.92 Å². The largest absolute Gasteiger partial charge is 0.356 e. The molecule has 160 valence electrons. The minimum Gasteiger partial charge on any atom is -0.356 e. The Labute approximate surface area is 173 Å². The number of anilines is 1. The maximum absolute atomic E-state index is 13.7. The van der Waals surface area contributed by atoms with Crippen LogP contribution in [0.25, 0.3) is 0 Å². The lowest BCUT2D eigenvalue weighted by atomic mass is 9.93. The highest BCUT2D eigenvalue weighted by atomic mass is 19.1. The first kappa shape index (κ1) is 21.7. The Bertz CT molecular complexity index is 899. The van der Waals surface area contributed by atoms with Crippen molar-refractivity contribution < 1.29 is 22.8 Å². The number of halogens is 3. The van der Waals surface area contributed by atoms with Crippen LogP contribution in [0.1, 0.15) is 24.8 Å². The van der Waals surface area contributed by atoms with Crippen LogP contribution >= 0.6 is 0 Å². The van der Waals surface area contributed by atoms with Gasteiger partial charge in [-0.25, -0.2) is 18.0 Å². The Kier molecular flexibility index (Phi) is 7.32. The topological polar surface area (TPSA) is 61.4 Å². The van der Waals surface area contributed by atoms with Crippen LogP contribution in [0.3, 0.4) is 0 Å². The van der Waals surface area contributed by atoms with E-state index >= 15 is 0 Å². The monoisotopic (exact) mass is 419 g/mol. The molecule has 0 unspecified atom stereocenters. The van der Waals surface area contributed by atoms with E-state index < -0.39 is 17.7 Å². The molecule has 1 aliphatic heterocycles. The second kappa shape index (κ2) is 10.1. The summed E-state index contributed by atoms with van der Waals surface area (Å²) in [6.07, 6.45) is 2.44. The van der Waals surface area contributed by atoms with E-state index in [4.69, 9.17) is 0 Å². The first-order valence-electron chi connectivity index (χ1n) is 9.93. The van der Waals surface area contributed by atoms with E-state index in [2.05, 4.69) is 10.6 Å². The highest BCUT2D eigenvalue weighted by Crippen LogP contribution is 2.22. The van der Waals surface area contributed by atoms with Crippen molar-refractivity contribution in [2.75, 3.05) is 25.0 Å². The van der Waals surface area contributed by atoms with E-state index in [9.17, 15) is 22.8 Å². The summed E-state index contributed by atoms with van der Waals surface area (Å²) < 4.78 is 40.1. The zero-order chi connectivity index (χ0) is 21.5. The summed E-state index contributed by atoms with van der Waals surface area (Å²) in [5, 5.41) is 5.25. The number of carbonyl (C=O) groups is 2. The molecule has 3 rings (SSSR count). The molecule has 30 heavy (non-hydrogen) atoms. The van der Waals surface area contributed by atoms with Gasteiger partial charge in [-0.05, 0) is 55.0 Å². The first-order chi connectivity index (χ1) is 14.4. The summed E-state index contributed by atoms with van der Waals surface area (Å²) in [6.45, 7) is 1.52. The van der Waals surface area contributed by atoms with Gasteiger partial charge in [0.1, 0.15) is 17.5 Å². The van der Waals surface area contributed by atoms with Crippen LogP contribution in [-0.2, 0) is 11.2 Å². The van der Waals surface area contributed by atoms with Gasteiger partial charge in [-0.15, -0.1) is 0 Å². The first-order valence-corrected chi connectivity index (χ1v) is 9.93. The third kappa shape index (κ3) is 6.23. The second-order valence-electron chi connectivity index (χ2n) is 7.43. The fourth-order valence-corrected chi connectivity index (χ4v) is 3.52. The Morgan fingerprint density at radius 1 is 1.00 bits per heavy atom. The van der Waals surface area contributed by atoms with Crippen molar-refractivity contribution in [2.45, 2.75) is 25.7 Å². The number of rotatable bonds is 6. The lowest BCUT2D eigenvalue weighted by Crippen LogP contribution is -2.41. The maximum Gasteiger partial charge on any atom is 0.321 e. The highest BCUT2D eigenvalue weighted by Gasteiger charge is 2.23. The quantitative estimate of drug-likeness (QED) is 0.741. The minimum absolute atomic E-state index is 0.132. The standard InChI is InChI=1S/C22H24F3N3O2/c23-17-3-1-2-16(12-17)13-21(29)26-9-6-15-7-10-28(11-8-15)22(30)27-20-14-18(24)4-5-19(20)25/h1-5,12,14-15H,6-11,13H2,(H,26,29)(H,27,30). The lowest BCUT2D eigenvalue weighted by Gasteiger charge is -2.32. The number of urea groups is 1. The molecule has 2 N–H and O–H groups in total. The molecule has 2 aromatic carbocycles. The van der Waals surface area contributed by atoms with E-state index in [1.165, 1.54) is 12.1 Å².